The van der Waals surface area contributed by atoms with E-state index < -0.39 is 0 Å². The molecule has 0 spiro atoms. The standard InChI is InChI=1S/C21H24N2O/c1-2-3-4-9-16-24-21-13-8-7-12-20(21)23-19-14-15-22-18-11-6-5-10-17(18)19/h5-8,10-15H,2-4,9,16H2,1H3,(H,22,23). The van der Waals surface area contributed by atoms with Crippen molar-refractivity contribution >= 4 is 22.3 Å². The number of benzene rings is 2. The molecule has 0 fully saturated rings. The van der Waals surface area contributed by atoms with Gasteiger partial charge in [-0.25, -0.2) is 0 Å². The summed E-state index contributed by atoms with van der Waals surface area (Å²) in [6, 6.07) is 18.3. The van der Waals surface area contributed by atoms with Crippen molar-refractivity contribution in [1.29, 1.82) is 0 Å². The van der Waals surface area contributed by atoms with Crippen LogP contribution in [0, 0.1) is 0 Å². The van der Waals surface area contributed by atoms with Crippen LogP contribution in [0.4, 0.5) is 11.4 Å². The maximum Gasteiger partial charge on any atom is 0.142 e. The van der Waals surface area contributed by atoms with Crippen LogP contribution in [0.2, 0.25) is 0 Å². The highest BCUT2D eigenvalue weighted by Crippen LogP contribution is 2.30. The van der Waals surface area contributed by atoms with Crippen molar-refractivity contribution in [3.05, 3.63) is 60.8 Å². The van der Waals surface area contributed by atoms with E-state index in [1.807, 2.05) is 48.7 Å². The smallest absolute Gasteiger partial charge is 0.142 e. The average molecular weight is 320 g/mol. The first-order valence-corrected chi connectivity index (χ1v) is 8.71. The Hall–Kier alpha value is -2.55. The second kappa shape index (κ2) is 8.34. The maximum absolute atomic E-state index is 5.99. The van der Waals surface area contributed by atoms with Crippen LogP contribution in [-0.2, 0) is 0 Å². The molecule has 2 aromatic carbocycles. The summed E-state index contributed by atoms with van der Waals surface area (Å²) in [5.41, 5.74) is 3.02. The number of rotatable bonds is 8. The van der Waals surface area contributed by atoms with Crippen LogP contribution in [0.5, 0.6) is 5.75 Å². The lowest BCUT2D eigenvalue weighted by Gasteiger charge is -2.14. The highest BCUT2D eigenvalue weighted by atomic mass is 16.5. The lowest BCUT2D eigenvalue weighted by Crippen LogP contribution is -2.01. The Balaban J connectivity index is 1.75. The van der Waals surface area contributed by atoms with E-state index in [2.05, 4.69) is 29.4 Å². The van der Waals surface area contributed by atoms with Crippen LogP contribution >= 0.6 is 0 Å². The summed E-state index contributed by atoms with van der Waals surface area (Å²) in [7, 11) is 0. The monoisotopic (exact) mass is 320 g/mol. The van der Waals surface area contributed by atoms with Crippen molar-refractivity contribution in [3.8, 4) is 5.75 Å². The van der Waals surface area contributed by atoms with E-state index in [4.69, 9.17) is 4.74 Å². The molecule has 1 N–H and O–H groups in total. The second-order valence-corrected chi connectivity index (χ2v) is 5.91. The number of ether oxygens (including phenoxy) is 1. The fraction of sp³-hybridized carbons (Fsp3) is 0.286. The molecule has 1 heterocycles. The quantitative estimate of drug-likeness (QED) is 0.522. The van der Waals surface area contributed by atoms with Gasteiger partial charge in [-0.05, 0) is 30.7 Å². The number of hydrogen-bond acceptors (Lipinski definition) is 3. The van der Waals surface area contributed by atoms with Crippen LogP contribution in [0.25, 0.3) is 10.9 Å². The lowest BCUT2D eigenvalue weighted by atomic mass is 10.2. The van der Waals surface area contributed by atoms with Crippen molar-refractivity contribution in [1.82, 2.24) is 4.98 Å². The fourth-order valence-corrected chi connectivity index (χ4v) is 2.76. The number of unbranched alkanes of at least 4 members (excludes halogenated alkanes) is 3. The minimum atomic E-state index is 0.760. The molecule has 3 rings (SSSR count). The molecule has 0 aliphatic carbocycles. The molecule has 124 valence electrons. The summed E-state index contributed by atoms with van der Waals surface area (Å²) >= 11 is 0. The Labute approximate surface area is 143 Å². The number of nitrogens with zero attached hydrogens (tertiary/aromatic N) is 1. The molecule has 0 aliphatic heterocycles. The molecule has 0 atom stereocenters. The molecule has 0 saturated heterocycles. The molecular formula is C21H24N2O. The van der Waals surface area contributed by atoms with Crippen LogP contribution in [-0.4, -0.2) is 11.6 Å². The van der Waals surface area contributed by atoms with Gasteiger partial charge in [0.25, 0.3) is 0 Å². The summed E-state index contributed by atoms with van der Waals surface area (Å²) in [5.74, 6) is 0.898. The molecule has 3 heteroatoms. The molecule has 0 unspecified atom stereocenters. The highest BCUT2D eigenvalue weighted by molar-refractivity contribution is 5.93. The van der Waals surface area contributed by atoms with E-state index in [9.17, 15) is 0 Å². The summed E-state index contributed by atoms with van der Waals surface area (Å²) in [6.45, 7) is 2.98. The van der Waals surface area contributed by atoms with Gasteiger partial charge in [-0.15, -0.1) is 0 Å². The van der Waals surface area contributed by atoms with Gasteiger partial charge in [0.15, 0.2) is 0 Å². The van der Waals surface area contributed by atoms with E-state index in [1.54, 1.807) is 0 Å². The highest BCUT2D eigenvalue weighted by Gasteiger charge is 2.06. The number of pyridine rings is 1. The van der Waals surface area contributed by atoms with Gasteiger partial charge in [0.1, 0.15) is 5.75 Å². The van der Waals surface area contributed by atoms with Crippen molar-refractivity contribution in [2.45, 2.75) is 32.6 Å². The molecular weight excluding hydrogens is 296 g/mol. The predicted octanol–water partition coefficient (Wildman–Crippen LogP) is 5.94. The van der Waals surface area contributed by atoms with E-state index >= 15 is 0 Å². The van der Waals surface area contributed by atoms with Gasteiger partial charge in [0.2, 0.25) is 0 Å². The Morgan fingerprint density at radius 2 is 1.71 bits per heavy atom. The zero-order chi connectivity index (χ0) is 16.6. The van der Waals surface area contributed by atoms with Crippen molar-refractivity contribution in [3.63, 3.8) is 0 Å². The maximum atomic E-state index is 5.99. The number of aromatic nitrogens is 1. The Morgan fingerprint density at radius 1 is 0.875 bits per heavy atom. The van der Waals surface area contributed by atoms with E-state index in [0.717, 1.165) is 41.1 Å². The molecule has 0 radical (unpaired) electrons. The first kappa shape index (κ1) is 16.3. The Bertz CT molecular complexity index is 780. The minimum Gasteiger partial charge on any atom is -0.491 e. The summed E-state index contributed by atoms with van der Waals surface area (Å²) in [6.07, 6.45) is 6.67. The van der Waals surface area contributed by atoms with Gasteiger partial charge in [-0.1, -0.05) is 56.5 Å². The van der Waals surface area contributed by atoms with E-state index in [-0.39, 0.29) is 0 Å². The third kappa shape index (κ3) is 4.05. The predicted molar refractivity (Wildman–Crippen MR) is 101 cm³/mol. The van der Waals surface area contributed by atoms with Gasteiger partial charge >= 0.3 is 0 Å². The molecule has 3 aromatic rings. The topological polar surface area (TPSA) is 34.1 Å². The molecule has 0 amide bonds. The largest absolute Gasteiger partial charge is 0.491 e. The normalized spacial score (nSPS) is 10.7. The fourth-order valence-electron chi connectivity index (χ4n) is 2.76. The van der Waals surface area contributed by atoms with Gasteiger partial charge in [-0.2, -0.15) is 0 Å². The summed E-state index contributed by atoms with van der Waals surface area (Å²) in [5, 5.41) is 4.61. The number of fused-ring (bicyclic) bond motifs is 1. The third-order valence-electron chi connectivity index (χ3n) is 4.06. The first-order valence-electron chi connectivity index (χ1n) is 8.71. The van der Waals surface area contributed by atoms with E-state index in [0.29, 0.717) is 0 Å². The Morgan fingerprint density at radius 3 is 2.62 bits per heavy atom. The van der Waals surface area contributed by atoms with E-state index in [1.165, 1.54) is 19.3 Å². The van der Waals surface area contributed by atoms with Gasteiger partial charge < -0.3 is 10.1 Å². The van der Waals surface area contributed by atoms with Gasteiger partial charge in [0.05, 0.1) is 17.8 Å². The number of para-hydroxylation sites is 3. The van der Waals surface area contributed by atoms with Gasteiger partial charge in [0, 0.05) is 17.3 Å². The summed E-state index contributed by atoms with van der Waals surface area (Å²) in [4.78, 5) is 4.41. The zero-order valence-corrected chi connectivity index (χ0v) is 14.2. The van der Waals surface area contributed by atoms with Gasteiger partial charge in [-0.3, -0.25) is 4.98 Å². The molecule has 0 saturated carbocycles. The molecule has 3 nitrogen and oxygen atoms in total. The van der Waals surface area contributed by atoms with Crippen molar-refractivity contribution in [2.24, 2.45) is 0 Å². The van der Waals surface area contributed by atoms with Crippen molar-refractivity contribution in [2.75, 3.05) is 11.9 Å². The van der Waals surface area contributed by atoms with Crippen molar-refractivity contribution < 1.29 is 4.74 Å². The van der Waals surface area contributed by atoms with Crippen LogP contribution in [0.3, 0.4) is 0 Å². The number of nitrogens with one attached hydrogen (secondary N) is 1. The SMILES string of the molecule is CCCCCCOc1ccccc1Nc1ccnc2ccccc12. The van der Waals surface area contributed by atoms with Crippen LogP contribution < -0.4 is 10.1 Å². The molecule has 24 heavy (non-hydrogen) atoms. The average Bonchev–Trinajstić information content (AvgIpc) is 2.63. The number of anilines is 2. The first-order chi connectivity index (χ1) is 11.9. The molecule has 0 bridgehead atoms. The Kier molecular flexibility index (Phi) is 5.67. The zero-order valence-electron chi connectivity index (χ0n) is 14.2. The third-order valence-corrected chi connectivity index (χ3v) is 4.06. The summed E-state index contributed by atoms with van der Waals surface area (Å²) < 4.78 is 5.99. The second-order valence-electron chi connectivity index (χ2n) is 5.91. The minimum absolute atomic E-state index is 0.760. The van der Waals surface area contributed by atoms with Crippen LogP contribution in [0.1, 0.15) is 32.6 Å². The number of hydrogen-bond donors (Lipinski definition) is 1. The molecule has 0 aliphatic rings. The molecule has 1 aromatic heterocycles. The lowest BCUT2D eigenvalue weighted by molar-refractivity contribution is 0.306. The van der Waals surface area contributed by atoms with Crippen LogP contribution in [0.15, 0.2) is 60.8 Å².